The first-order valence-electron chi connectivity index (χ1n) is 10.4. The summed E-state index contributed by atoms with van der Waals surface area (Å²) in [5.41, 5.74) is 14.5. The van der Waals surface area contributed by atoms with Gasteiger partial charge in [-0.3, -0.25) is 4.79 Å². The normalized spacial score (nSPS) is 17.0. The highest BCUT2D eigenvalue weighted by molar-refractivity contribution is 5.99. The van der Waals surface area contributed by atoms with E-state index in [2.05, 4.69) is 46.5 Å². The maximum absolute atomic E-state index is 13.0. The lowest BCUT2D eigenvalue weighted by Gasteiger charge is -2.23. The Morgan fingerprint density at radius 3 is 2.62 bits per heavy atom. The molecule has 2 aliphatic rings. The maximum Gasteiger partial charge on any atom is 0.254 e. The summed E-state index contributed by atoms with van der Waals surface area (Å²) in [6.45, 7) is 2.91. The molecular weight excluding hydrogens is 360 g/mol. The van der Waals surface area contributed by atoms with E-state index in [1.54, 1.807) is 13.2 Å². The Bertz CT molecular complexity index is 956. The van der Waals surface area contributed by atoms with Gasteiger partial charge in [0.25, 0.3) is 5.91 Å². The highest BCUT2D eigenvalue weighted by Crippen LogP contribution is 2.33. The number of carbonyl (C=O) groups excluding carboxylic acids is 1. The first kappa shape index (κ1) is 19.4. The van der Waals surface area contributed by atoms with Crippen LogP contribution in [0.15, 0.2) is 47.7 Å². The monoisotopic (exact) mass is 388 g/mol. The second kappa shape index (κ2) is 8.19. The third kappa shape index (κ3) is 3.82. The molecule has 0 unspecified atom stereocenters. The molecule has 29 heavy (non-hydrogen) atoms. The smallest absolute Gasteiger partial charge is 0.254 e. The van der Waals surface area contributed by atoms with Gasteiger partial charge in [-0.25, -0.2) is 5.53 Å². The summed E-state index contributed by atoms with van der Waals surface area (Å²) in [4.78, 5) is 15.1. The van der Waals surface area contributed by atoms with E-state index in [0.717, 1.165) is 36.9 Å². The Labute approximate surface area is 172 Å². The Morgan fingerprint density at radius 2 is 1.97 bits per heavy atom. The molecule has 2 N–H and O–H groups in total. The largest absolute Gasteiger partial charge is 0.392 e. The standard InChI is InChI=1S/C24H28N4O/c1-16-11-20-15-28(21-5-3-4-6-21)24(29)22(20)13-19(16)12-17-7-9-18(10-8-17)23(27-25)14-26-2/h7-11,13-14,21,25-26H,3-6,12,15H2,1-2H3/b23-14-,27-25?. The Kier molecular flexibility index (Phi) is 5.47. The topological polar surface area (TPSA) is 68.6 Å². The number of amides is 1. The molecule has 1 fully saturated rings. The molecular formula is C24H28N4O. The Morgan fingerprint density at radius 1 is 1.24 bits per heavy atom. The zero-order valence-electron chi connectivity index (χ0n) is 17.2. The highest BCUT2D eigenvalue weighted by Gasteiger charge is 2.34. The summed E-state index contributed by atoms with van der Waals surface area (Å²) >= 11 is 0. The fourth-order valence-corrected chi connectivity index (χ4v) is 4.58. The first-order valence-corrected chi connectivity index (χ1v) is 10.4. The molecule has 0 radical (unpaired) electrons. The summed E-state index contributed by atoms with van der Waals surface area (Å²) in [6, 6.07) is 12.9. The molecule has 0 spiro atoms. The van der Waals surface area contributed by atoms with E-state index >= 15 is 0 Å². The van der Waals surface area contributed by atoms with E-state index in [4.69, 9.17) is 5.53 Å². The van der Waals surface area contributed by atoms with Crippen LogP contribution in [0.4, 0.5) is 0 Å². The van der Waals surface area contributed by atoms with E-state index in [9.17, 15) is 4.79 Å². The summed E-state index contributed by atoms with van der Waals surface area (Å²) in [5.74, 6) is 0.211. The lowest BCUT2D eigenvalue weighted by atomic mass is 9.95. The van der Waals surface area contributed by atoms with E-state index < -0.39 is 0 Å². The van der Waals surface area contributed by atoms with Crippen molar-refractivity contribution in [3.05, 3.63) is 76.0 Å². The van der Waals surface area contributed by atoms with Crippen LogP contribution in [0.2, 0.25) is 0 Å². The summed E-state index contributed by atoms with van der Waals surface area (Å²) < 4.78 is 0. The fraction of sp³-hybridized carbons (Fsp3) is 0.375. The number of hydrogen-bond acceptors (Lipinski definition) is 4. The molecule has 150 valence electrons. The molecule has 1 aliphatic heterocycles. The molecule has 2 aromatic rings. The summed E-state index contributed by atoms with van der Waals surface area (Å²) in [6.07, 6.45) is 7.28. The second-order valence-electron chi connectivity index (χ2n) is 8.11. The van der Waals surface area contributed by atoms with Crippen molar-refractivity contribution < 1.29 is 4.79 Å². The first-order chi connectivity index (χ1) is 14.1. The molecule has 1 aliphatic carbocycles. The van der Waals surface area contributed by atoms with Crippen molar-refractivity contribution in [3.8, 4) is 0 Å². The van der Waals surface area contributed by atoms with Crippen molar-refractivity contribution >= 4 is 11.6 Å². The summed E-state index contributed by atoms with van der Waals surface area (Å²) in [5, 5.41) is 6.49. The number of rotatable bonds is 6. The van der Waals surface area contributed by atoms with Crippen molar-refractivity contribution in [1.82, 2.24) is 10.2 Å². The van der Waals surface area contributed by atoms with Crippen LogP contribution in [-0.4, -0.2) is 23.9 Å². The molecule has 1 heterocycles. The lowest BCUT2D eigenvalue weighted by Crippen LogP contribution is -2.33. The highest BCUT2D eigenvalue weighted by atomic mass is 16.2. The van der Waals surface area contributed by atoms with E-state index in [1.807, 2.05) is 12.1 Å². The lowest BCUT2D eigenvalue weighted by molar-refractivity contribution is 0.0707. The van der Waals surface area contributed by atoms with E-state index in [-0.39, 0.29) is 5.91 Å². The van der Waals surface area contributed by atoms with Crippen LogP contribution in [0.5, 0.6) is 0 Å². The minimum atomic E-state index is 0.211. The quantitative estimate of drug-likeness (QED) is 0.681. The molecule has 0 bridgehead atoms. The molecule has 0 aromatic heterocycles. The van der Waals surface area contributed by atoms with Gasteiger partial charge in [-0.15, -0.1) is 0 Å². The van der Waals surface area contributed by atoms with Crippen molar-refractivity contribution in [2.75, 3.05) is 7.05 Å². The van der Waals surface area contributed by atoms with Crippen LogP contribution in [0.25, 0.3) is 5.70 Å². The van der Waals surface area contributed by atoms with Gasteiger partial charge < -0.3 is 10.2 Å². The number of carbonyl (C=O) groups is 1. The molecule has 0 saturated heterocycles. The maximum atomic E-state index is 13.0. The van der Waals surface area contributed by atoms with Crippen LogP contribution < -0.4 is 5.32 Å². The van der Waals surface area contributed by atoms with Crippen molar-refractivity contribution in [3.63, 3.8) is 0 Å². The SMILES string of the molecule is CN/C=C(\N=N)c1ccc(Cc2cc3c(cc2C)CN(C2CCCC2)C3=O)cc1. The second-order valence-corrected chi connectivity index (χ2v) is 8.11. The number of aryl methyl sites for hydroxylation is 1. The number of nitrogens with zero attached hydrogens (tertiary/aromatic N) is 2. The van der Waals surface area contributed by atoms with E-state index in [0.29, 0.717) is 11.7 Å². The average Bonchev–Trinajstić information content (AvgIpc) is 3.36. The van der Waals surface area contributed by atoms with Crippen LogP contribution in [0, 0.1) is 12.5 Å². The predicted octanol–water partition coefficient (Wildman–Crippen LogP) is 5.03. The predicted molar refractivity (Wildman–Crippen MR) is 115 cm³/mol. The van der Waals surface area contributed by atoms with Crippen molar-refractivity contribution in [2.45, 2.75) is 51.6 Å². The third-order valence-corrected chi connectivity index (χ3v) is 6.20. The van der Waals surface area contributed by atoms with Gasteiger partial charge in [-0.1, -0.05) is 43.2 Å². The minimum Gasteiger partial charge on any atom is -0.392 e. The van der Waals surface area contributed by atoms with Gasteiger partial charge in [0.2, 0.25) is 0 Å². The zero-order valence-corrected chi connectivity index (χ0v) is 17.2. The van der Waals surface area contributed by atoms with Gasteiger partial charge in [0.1, 0.15) is 5.70 Å². The average molecular weight is 389 g/mol. The van der Waals surface area contributed by atoms with Gasteiger partial charge in [-0.2, -0.15) is 5.11 Å². The molecule has 2 aromatic carbocycles. The van der Waals surface area contributed by atoms with Gasteiger partial charge in [-0.05, 0) is 54.5 Å². The number of benzene rings is 2. The number of fused-ring (bicyclic) bond motifs is 1. The number of hydrogen-bond donors (Lipinski definition) is 2. The molecule has 5 heteroatoms. The van der Waals surface area contributed by atoms with Crippen molar-refractivity contribution in [2.24, 2.45) is 5.11 Å². The van der Waals surface area contributed by atoms with Crippen LogP contribution in [0.3, 0.4) is 0 Å². The Hall–Kier alpha value is -2.95. The van der Waals surface area contributed by atoms with Gasteiger partial charge in [0, 0.05) is 37.0 Å². The van der Waals surface area contributed by atoms with Crippen LogP contribution in [-0.2, 0) is 13.0 Å². The van der Waals surface area contributed by atoms with Gasteiger partial charge in [0.05, 0.1) is 0 Å². The van der Waals surface area contributed by atoms with Gasteiger partial charge >= 0.3 is 0 Å². The molecule has 1 saturated carbocycles. The molecule has 5 nitrogen and oxygen atoms in total. The van der Waals surface area contributed by atoms with Gasteiger partial charge in [0.15, 0.2) is 0 Å². The summed E-state index contributed by atoms with van der Waals surface area (Å²) in [7, 11) is 1.80. The Balaban J connectivity index is 1.54. The van der Waals surface area contributed by atoms with Crippen LogP contribution in [0.1, 0.15) is 63.9 Å². The minimum absolute atomic E-state index is 0.211. The van der Waals surface area contributed by atoms with E-state index in [1.165, 1.54) is 35.1 Å². The molecule has 4 rings (SSSR count). The van der Waals surface area contributed by atoms with Crippen molar-refractivity contribution in [1.29, 1.82) is 5.53 Å². The molecule has 0 atom stereocenters. The zero-order chi connectivity index (χ0) is 20.4. The third-order valence-electron chi connectivity index (χ3n) is 6.20. The fourth-order valence-electron chi connectivity index (χ4n) is 4.58. The van der Waals surface area contributed by atoms with Crippen LogP contribution >= 0.6 is 0 Å². The number of nitrogens with one attached hydrogen (secondary N) is 2. The molecule has 1 amide bonds.